The van der Waals surface area contributed by atoms with Crippen LogP contribution in [0.5, 0.6) is 0 Å². The molecular formula is C15H11F10NO. The molecule has 152 valence electrons. The third-order valence-corrected chi connectivity index (χ3v) is 4.21. The Morgan fingerprint density at radius 1 is 1.00 bits per heavy atom. The van der Waals surface area contributed by atoms with Crippen LogP contribution in [0.2, 0.25) is 0 Å². The molecule has 1 aliphatic rings. The van der Waals surface area contributed by atoms with Crippen molar-refractivity contribution in [2.45, 2.75) is 49.8 Å². The van der Waals surface area contributed by atoms with Gasteiger partial charge in [-0.15, -0.1) is 0 Å². The van der Waals surface area contributed by atoms with Crippen LogP contribution >= 0.6 is 0 Å². The molecule has 0 radical (unpaired) electrons. The molecule has 0 saturated carbocycles. The Hall–Kier alpha value is -2.01. The SMILES string of the molecule is CC1CCc2cc(F)ccc2N1C(=O)C(F)(F)C(F)(F)C(F)(F)C(F)(F)F. The average molecular weight is 411 g/mol. The fourth-order valence-corrected chi connectivity index (χ4v) is 2.69. The van der Waals surface area contributed by atoms with Gasteiger partial charge in [-0.2, -0.15) is 39.5 Å². The van der Waals surface area contributed by atoms with Crippen LogP contribution in [0.25, 0.3) is 0 Å². The molecule has 27 heavy (non-hydrogen) atoms. The second-order valence-corrected chi connectivity index (χ2v) is 6.06. The number of fused-ring (bicyclic) bond motifs is 1. The second-order valence-electron chi connectivity index (χ2n) is 6.06. The lowest BCUT2D eigenvalue weighted by atomic mass is 9.94. The van der Waals surface area contributed by atoms with Crippen molar-refractivity contribution >= 4 is 11.6 Å². The van der Waals surface area contributed by atoms with Gasteiger partial charge in [0.25, 0.3) is 0 Å². The first-order valence-corrected chi connectivity index (χ1v) is 7.38. The van der Waals surface area contributed by atoms with Crippen molar-refractivity contribution in [1.29, 1.82) is 0 Å². The van der Waals surface area contributed by atoms with Crippen molar-refractivity contribution in [2.75, 3.05) is 4.90 Å². The number of carbonyl (C=O) groups excluding carboxylic acids is 1. The van der Waals surface area contributed by atoms with E-state index in [0.29, 0.717) is 6.07 Å². The monoisotopic (exact) mass is 411 g/mol. The van der Waals surface area contributed by atoms with Gasteiger partial charge in [0.1, 0.15) is 5.82 Å². The van der Waals surface area contributed by atoms with E-state index in [-0.39, 0.29) is 23.3 Å². The molecule has 1 aliphatic heterocycles. The van der Waals surface area contributed by atoms with Gasteiger partial charge in [-0.25, -0.2) is 4.39 Å². The summed E-state index contributed by atoms with van der Waals surface area (Å²) in [5.74, 6) is -24.4. The number of rotatable bonds is 3. The highest BCUT2D eigenvalue weighted by Gasteiger charge is 2.84. The minimum Gasteiger partial charge on any atom is -0.304 e. The number of benzene rings is 1. The van der Waals surface area contributed by atoms with E-state index in [1.165, 1.54) is 0 Å². The van der Waals surface area contributed by atoms with Crippen LogP contribution in [0.3, 0.4) is 0 Å². The lowest BCUT2D eigenvalue weighted by molar-refractivity contribution is -0.388. The third-order valence-electron chi connectivity index (χ3n) is 4.21. The number of nitrogens with zero attached hydrogens (tertiary/aromatic N) is 1. The molecular weight excluding hydrogens is 400 g/mol. The van der Waals surface area contributed by atoms with Gasteiger partial charge in [-0.3, -0.25) is 4.79 Å². The molecule has 0 saturated heterocycles. The maximum Gasteiger partial charge on any atom is 0.460 e. The fourth-order valence-electron chi connectivity index (χ4n) is 2.69. The Balaban J connectivity index is 2.53. The van der Waals surface area contributed by atoms with Gasteiger partial charge in [0.15, 0.2) is 0 Å². The van der Waals surface area contributed by atoms with Gasteiger partial charge < -0.3 is 4.90 Å². The first-order valence-electron chi connectivity index (χ1n) is 7.38. The number of alkyl halides is 9. The molecule has 0 bridgehead atoms. The predicted molar refractivity (Wildman–Crippen MR) is 72.6 cm³/mol. The molecule has 2 rings (SSSR count). The second kappa shape index (κ2) is 6.26. The highest BCUT2D eigenvalue weighted by molar-refractivity contribution is 6.00. The molecule has 0 N–H and O–H groups in total. The van der Waals surface area contributed by atoms with E-state index in [1.807, 2.05) is 0 Å². The minimum absolute atomic E-state index is 0.00135. The number of anilines is 1. The topological polar surface area (TPSA) is 20.3 Å². The summed E-state index contributed by atoms with van der Waals surface area (Å²) < 4.78 is 131. The van der Waals surface area contributed by atoms with Crippen molar-refractivity contribution in [3.63, 3.8) is 0 Å². The van der Waals surface area contributed by atoms with Gasteiger partial charge in [-0.05, 0) is 43.5 Å². The van der Waals surface area contributed by atoms with Gasteiger partial charge in [-0.1, -0.05) is 0 Å². The van der Waals surface area contributed by atoms with Crippen molar-refractivity contribution in [1.82, 2.24) is 0 Å². The number of hydrogen-bond donors (Lipinski definition) is 0. The normalized spacial score (nSPS) is 19.1. The Morgan fingerprint density at radius 3 is 2.07 bits per heavy atom. The molecule has 1 atom stereocenters. The zero-order valence-electron chi connectivity index (χ0n) is 13.4. The van der Waals surface area contributed by atoms with Crippen molar-refractivity contribution in [2.24, 2.45) is 0 Å². The molecule has 1 amide bonds. The van der Waals surface area contributed by atoms with E-state index < -0.39 is 47.4 Å². The van der Waals surface area contributed by atoms with Gasteiger partial charge in [0.05, 0.1) is 0 Å². The third kappa shape index (κ3) is 3.12. The zero-order chi connectivity index (χ0) is 21.0. The Bertz CT molecular complexity index is 743. The number of amides is 1. The molecule has 1 heterocycles. The van der Waals surface area contributed by atoms with Crippen LogP contribution in [-0.2, 0) is 11.2 Å². The van der Waals surface area contributed by atoms with E-state index >= 15 is 0 Å². The highest BCUT2D eigenvalue weighted by atomic mass is 19.4. The summed E-state index contributed by atoms with van der Waals surface area (Å²) >= 11 is 0. The summed E-state index contributed by atoms with van der Waals surface area (Å²) in [6.07, 6.45) is -7.09. The van der Waals surface area contributed by atoms with Crippen molar-refractivity contribution in [3.05, 3.63) is 29.6 Å². The molecule has 0 aromatic heterocycles. The van der Waals surface area contributed by atoms with E-state index in [1.54, 1.807) is 0 Å². The van der Waals surface area contributed by atoms with Gasteiger partial charge in [0.2, 0.25) is 0 Å². The van der Waals surface area contributed by atoms with Gasteiger partial charge >= 0.3 is 29.9 Å². The van der Waals surface area contributed by atoms with E-state index in [0.717, 1.165) is 19.1 Å². The first-order chi connectivity index (χ1) is 12.1. The molecule has 1 aromatic rings. The molecule has 0 spiro atoms. The van der Waals surface area contributed by atoms with Crippen LogP contribution in [0.4, 0.5) is 49.6 Å². The summed E-state index contributed by atoms with van der Waals surface area (Å²) in [7, 11) is 0. The predicted octanol–water partition coefficient (Wildman–Crippen LogP) is 4.96. The fraction of sp³-hybridized carbons (Fsp3) is 0.533. The standard InChI is InChI=1S/C15H11F10NO/c1-7-2-3-8-6-9(16)4-5-10(8)26(7)11(27)12(17,18)13(19,20)14(21,22)15(23,24)25/h4-7H,2-3H2,1H3. The first kappa shape index (κ1) is 21.3. The Kier molecular flexibility index (Phi) is 4.94. The molecule has 0 fully saturated rings. The highest BCUT2D eigenvalue weighted by Crippen LogP contribution is 2.54. The number of hydrogen-bond acceptors (Lipinski definition) is 1. The summed E-state index contributed by atoms with van der Waals surface area (Å²) in [4.78, 5) is 12.0. The van der Waals surface area contributed by atoms with Crippen LogP contribution in [0.1, 0.15) is 18.9 Å². The Morgan fingerprint density at radius 2 is 1.56 bits per heavy atom. The van der Waals surface area contributed by atoms with Gasteiger partial charge in [0, 0.05) is 11.7 Å². The largest absolute Gasteiger partial charge is 0.460 e. The summed E-state index contributed by atoms with van der Waals surface area (Å²) in [5.41, 5.74) is -0.519. The molecule has 1 aromatic carbocycles. The summed E-state index contributed by atoms with van der Waals surface area (Å²) in [6.45, 7) is 1.11. The number of halogens is 10. The molecule has 12 heteroatoms. The zero-order valence-corrected chi connectivity index (χ0v) is 13.4. The van der Waals surface area contributed by atoms with E-state index in [9.17, 15) is 48.7 Å². The summed E-state index contributed by atoms with van der Waals surface area (Å²) in [6, 6.07) is 1.09. The lowest BCUT2D eigenvalue weighted by Gasteiger charge is -2.40. The molecule has 2 nitrogen and oxygen atoms in total. The van der Waals surface area contributed by atoms with Crippen LogP contribution in [0, 0.1) is 5.82 Å². The number of carbonyl (C=O) groups is 1. The van der Waals surface area contributed by atoms with E-state index in [4.69, 9.17) is 0 Å². The van der Waals surface area contributed by atoms with Crippen LogP contribution in [-0.4, -0.2) is 35.9 Å². The van der Waals surface area contributed by atoms with Crippen molar-refractivity contribution in [3.8, 4) is 0 Å². The smallest absolute Gasteiger partial charge is 0.304 e. The average Bonchev–Trinajstić information content (AvgIpc) is 2.52. The molecule has 0 aliphatic carbocycles. The maximum absolute atomic E-state index is 14.0. The Labute approximate surface area is 145 Å². The van der Waals surface area contributed by atoms with Crippen LogP contribution in [0.15, 0.2) is 18.2 Å². The minimum atomic E-state index is -7.16. The lowest BCUT2D eigenvalue weighted by Crippen LogP contribution is -2.66. The van der Waals surface area contributed by atoms with Crippen LogP contribution < -0.4 is 4.90 Å². The van der Waals surface area contributed by atoms with Crippen molar-refractivity contribution < 1.29 is 48.7 Å². The number of aryl methyl sites for hydroxylation is 1. The quantitative estimate of drug-likeness (QED) is 0.644. The van der Waals surface area contributed by atoms with E-state index in [2.05, 4.69) is 0 Å². The maximum atomic E-state index is 14.0. The summed E-state index contributed by atoms with van der Waals surface area (Å²) in [5, 5.41) is 0. The molecule has 1 unspecified atom stereocenters.